The zero-order chi connectivity index (χ0) is 17.8. The molecule has 1 nitrogen and oxygen atoms in total. The molecule has 0 aromatic heterocycles. The maximum absolute atomic E-state index is 11.0. The van der Waals surface area contributed by atoms with Crippen molar-refractivity contribution in [3.05, 3.63) is 114 Å². The fraction of sp³-hybridized carbons (Fsp3) is 0.0400. The van der Waals surface area contributed by atoms with Crippen molar-refractivity contribution in [1.29, 1.82) is 0 Å². The van der Waals surface area contributed by atoms with Gasteiger partial charge in [-0.1, -0.05) is 91.0 Å². The van der Waals surface area contributed by atoms with Gasteiger partial charge in [-0.05, 0) is 40.8 Å². The Kier molecular flexibility index (Phi) is 4.53. The van der Waals surface area contributed by atoms with E-state index in [0.29, 0.717) is 5.75 Å². The van der Waals surface area contributed by atoms with Gasteiger partial charge in [0.15, 0.2) is 0 Å². The summed E-state index contributed by atoms with van der Waals surface area (Å²) in [4.78, 5) is 0. The Morgan fingerprint density at radius 2 is 0.923 bits per heavy atom. The van der Waals surface area contributed by atoms with Crippen molar-refractivity contribution in [2.75, 3.05) is 0 Å². The molecule has 0 spiro atoms. The Labute approximate surface area is 154 Å². The summed E-state index contributed by atoms with van der Waals surface area (Å²) in [5, 5.41) is 11.0. The molecule has 0 saturated heterocycles. The van der Waals surface area contributed by atoms with Crippen LogP contribution in [-0.2, 0) is 6.42 Å². The molecule has 26 heavy (non-hydrogen) atoms. The summed E-state index contributed by atoms with van der Waals surface area (Å²) in [6.45, 7) is 0. The van der Waals surface area contributed by atoms with Crippen LogP contribution in [0.25, 0.3) is 22.3 Å². The zero-order valence-electron chi connectivity index (χ0n) is 14.5. The average molecular weight is 336 g/mol. The maximum Gasteiger partial charge on any atom is 0.131 e. The molecule has 0 amide bonds. The molecule has 126 valence electrons. The molecule has 0 unspecified atom stereocenters. The van der Waals surface area contributed by atoms with Crippen LogP contribution < -0.4 is 0 Å². The molecule has 0 atom stereocenters. The van der Waals surface area contributed by atoms with Crippen LogP contribution in [0.15, 0.2) is 103 Å². The molecule has 0 saturated carbocycles. The lowest BCUT2D eigenvalue weighted by Gasteiger charge is -2.14. The lowest BCUT2D eigenvalue weighted by molar-refractivity contribution is 0.479. The van der Waals surface area contributed by atoms with Crippen molar-refractivity contribution in [1.82, 2.24) is 0 Å². The first-order valence-corrected chi connectivity index (χ1v) is 8.82. The molecule has 1 heteroatoms. The summed E-state index contributed by atoms with van der Waals surface area (Å²) in [6.07, 6.45) is 0.834. The van der Waals surface area contributed by atoms with Gasteiger partial charge in [-0.3, -0.25) is 0 Å². The van der Waals surface area contributed by atoms with Crippen LogP contribution in [0.4, 0.5) is 0 Å². The molecule has 4 aromatic carbocycles. The second kappa shape index (κ2) is 7.28. The van der Waals surface area contributed by atoms with E-state index in [1.54, 1.807) is 0 Å². The number of phenolic OH excluding ortho intramolecular Hbond substituents is 1. The summed E-state index contributed by atoms with van der Waals surface area (Å²) in [6, 6.07) is 34.8. The Balaban J connectivity index is 1.87. The summed E-state index contributed by atoms with van der Waals surface area (Å²) >= 11 is 0. The molecule has 0 aliphatic carbocycles. The van der Waals surface area contributed by atoms with Crippen molar-refractivity contribution < 1.29 is 5.11 Å². The van der Waals surface area contributed by atoms with Crippen molar-refractivity contribution in [3.8, 4) is 28.0 Å². The van der Waals surface area contributed by atoms with Crippen molar-refractivity contribution in [3.63, 3.8) is 0 Å². The van der Waals surface area contributed by atoms with E-state index in [-0.39, 0.29) is 0 Å². The topological polar surface area (TPSA) is 20.2 Å². The Hall–Kier alpha value is -3.32. The van der Waals surface area contributed by atoms with Crippen LogP contribution in [-0.4, -0.2) is 5.11 Å². The largest absolute Gasteiger partial charge is 0.507 e. The maximum atomic E-state index is 11.0. The Morgan fingerprint density at radius 3 is 1.38 bits per heavy atom. The molecular formula is C25H20O. The van der Waals surface area contributed by atoms with Crippen LogP contribution in [0.5, 0.6) is 5.75 Å². The number of hydrogen-bond donors (Lipinski definition) is 1. The van der Waals surface area contributed by atoms with Crippen molar-refractivity contribution in [2.45, 2.75) is 6.42 Å². The van der Waals surface area contributed by atoms with E-state index in [2.05, 4.69) is 36.4 Å². The van der Waals surface area contributed by atoms with Crippen LogP contribution in [0, 0.1) is 0 Å². The summed E-state index contributed by atoms with van der Waals surface area (Å²) < 4.78 is 0. The van der Waals surface area contributed by atoms with E-state index in [4.69, 9.17) is 0 Å². The normalized spacial score (nSPS) is 10.6. The first-order chi connectivity index (χ1) is 12.8. The van der Waals surface area contributed by atoms with Crippen LogP contribution >= 0.6 is 0 Å². The number of phenols is 1. The van der Waals surface area contributed by atoms with E-state index in [0.717, 1.165) is 28.7 Å². The summed E-state index contributed by atoms with van der Waals surface area (Å²) in [5.41, 5.74) is 6.24. The van der Waals surface area contributed by atoms with Crippen LogP contribution in [0.2, 0.25) is 0 Å². The van der Waals surface area contributed by atoms with E-state index < -0.39 is 0 Å². The standard InChI is InChI=1S/C25H20O/c26-25-23(21-12-6-2-7-13-21)17-20(16-19-10-4-1-5-11-19)18-24(25)22-14-8-3-9-15-22/h1-15,17-18,26H,16H2. The van der Waals surface area contributed by atoms with E-state index in [1.165, 1.54) is 11.1 Å². The second-order valence-corrected chi connectivity index (χ2v) is 6.43. The zero-order valence-corrected chi connectivity index (χ0v) is 14.5. The van der Waals surface area contributed by atoms with Gasteiger partial charge in [-0.25, -0.2) is 0 Å². The van der Waals surface area contributed by atoms with Gasteiger partial charge >= 0.3 is 0 Å². The Morgan fingerprint density at radius 1 is 0.500 bits per heavy atom. The van der Waals surface area contributed by atoms with E-state index >= 15 is 0 Å². The van der Waals surface area contributed by atoms with Crippen LogP contribution in [0.3, 0.4) is 0 Å². The van der Waals surface area contributed by atoms with E-state index in [1.807, 2.05) is 66.7 Å². The van der Waals surface area contributed by atoms with Crippen LogP contribution in [0.1, 0.15) is 11.1 Å². The molecule has 1 N–H and O–H groups in total. The Bertz CT molecular complexity index is 929. The fourth-order valence-electron chi connectivity index (χ4n) is 3.30. The second-order valence-electron chi connectivity index (χ2n) is 6.43. The smallest absolute Gasteiger partial charge is 0.131 e. The third kappa shape index (κ3) is 3.38. The third-order valence-electron chi connectivity index (χ3n) is 4.59. The molecule has 0 bridgehead atoms. The molecule has 4 rings (SSSR count). The SMILES string of the molecule is Oc1c(-c2ccccc2)cc(Cc2ccccc2)cc1-c1ccccc1. The summed E-state index contributed by atoms with van der Waals surface area (Å²) in [5.74, 6) is 0.333. The predicted molar refractivity (Wildman–Crippen MR) is 108 cm³/mol. The molecular weight excluding hydrogens is 316 g/mol. The van der Waals surface area contributed by atoms with Gasteiger partial charge in [-0.15, -0.1) is 0 Å². The molecule has 0 aliphatic rings. The molecule has 0 radical (unpaired) electrons. The molecule has 4 aromatic rings. The minimum Gasteiger partial charge on any atom is -0.507 e. The molecule has 0 fully saturated rings. The number of benzene rings is 4. The monoisotopic (exact) mass is 336 g/mol. The van der Waals surface area contributed by atoms with Gasteiger partial charge in [0, 0.05) is 11.1 Å². The van der Waals surface area contributed by atoms with Crippen molar-refractivity contribution >= 4 is 0 Å². The molecule has 0 aliphatic heterocycles. The highest BCUT2D eigenvalue weighted by Gasteiger charge is 2.13. The third-order valence-corrected chi connectivity index (χ3v) is 4.59. The highest BCUT2D eigenvalue weighted by molar-refractivity contribution is 5.83. The first kappa shape index (κ1) is 16.2. The van der Waals surface area contributed by atoms with Gasteiger partial charge in [0.1, 0.15) is 5.75 Å². The van der Waals surface area contributed by atoms with Crippen molar-refractivity contribution in [2.24, 2.45) is 0 Å². The van der Waals surface area contributed by atoms with Gasteiger partial charge < -0.3 is 5.11 Å². The fourth-order valence-corrected chi connectivity index (χ4v) is 3.30. The predicted octanol–water partition coefficient (Wildman–Crippen LogP) is 6.32. The number of aromatic hydroxyl groups is 1. The average Bonchev–Trinajstić information content (AvgIpc) is 2.71. The number of hydrogen-bond acceptors (Lipinski definition) is 1. The van der Waals surface area contributed by atoms with Gasteiger partial charge in [0.2, 0.25) is 0 Å². The highest BCUT2D eigenvalue weighted by Crippen LogP contribution is 2.39. The lowest BCUT2D eigenvalue weighted by Crippen LogP contribution is -1.92. The first-order valence-electron chi connectivity index (χ1n) is 8.82. The van der Waals surface area contributed by atoms with Gasteiger partial charge in [0.25, 0.3) is 0 Å². The van der Waals surface area contributed by atoms with Gasteiger partial charge in [-0.2, -0.15) is 0 Å². The highest BCUT2D eigenvalue weighted by atomic mass is 16.3. The minimum absolute atomic E-state index is 0.333. The molecule has 0 heterocycles. The minimum atomic E-state index is 0.333. The van der Waals surface area contributed by atoms with Gasteiger partial charge in [0.05, 0.1) is 0 Å². The number of rotatable bonds is 4. The van der Waals surface area contributed by atoms with E-state index in [9.17, 15) is 5.11 Å². The summed E-state index contributed by atoms with van der Waals surface area (Å²) in [7, 11) is 0. The quantitative estimate of drug-likeness (QED) is 0.462. The lowest BCUT2D eigenvalue weighted by atomic mass is 9.92.